The van der Waals surface area contributed by atoms with Crippen molar-refractivity contribution in [1.29, 1.82) is 0 Å². The van der Waals surface area contributed by atoms with E-state index in [0.717, 1.165) is 28.8 Å². The Morgan fingerprint density at radius 2 is 1.64 bits per heavy atom. The first kappa shape index (κ1) is 24.2. The fourth-order valence-corrected chi connectivity index (χ4v) is 2.56. The van der Waals surface area contributed by atoms with Gasteiger partial charge in [-0.25, -0.2) is 4.99 Å². The molecule has 2 aromatic rings. The number of nitrogens with one attached hydrogen (secondary N) is 2. The minimum Gasteiger partial charge on any atom is -0.392 e. The molecule has 0 saturated heterocycles. The van der Waals surface area contributed by atoms with Crippen LogP contribution in [0.3, 0.4) is 0 Å². The highest BCUT2D eigenvalue weighted by atomic mass is 127. The van der Waals surface area contributed by atoms with Gasteiger partial charge in [0.15, 0.2) is 5.96 Å². The quantitative estimate of drug-likeness (QED) is 0.301. The Bertz CT molecular complexity index is 749. The van der Waals surface area contributed by atoms with E-state index in [1.807, 2.05) is 31.2 Å². The van der Waals surface area contributed by atoms with Crippen LogP contribution in [0.2, 0.25) is 0 Å². The molecule has 0 heterocycles. The van der Waals surface area contributed by atoms with E-state index >= 15 is 0 Å². The van der Waals surface area contributed by atoms with Crippen LogP contribution >= 0.6 is 24.0 Å². The van der Waals surface area contributed by atoms with Gasteiger partial charge in [0.1, 0.15) is 0 Å². The smallest absolute Gasteiger partial charge is 0.392 e. The van der Waals surface area contributed by atoms with Gasteiger partial charge in [-0.05, 0) is 42.2 Å². The van der Waals surface area contributed by atoms with Crippen LogP contribution in [0.25, 0.3) is 0 Å². The molecule has 2 rings (SSSR count). The summed E-state index contributed by atoms with van der Waals surface area (Å²) in [6.45, 7) is 3.57. The summed E-state index contributed by atoms with van der Waals surface area (Å²) in [6, 6.07) is 12.7. The molecular weight excluding hydrogens is 482 g/mol. The molecule has 8 heteroatoms. The van der Waals surface area contributed by atoms with Crippen molar-refractivity contribution in [1.82, 2.24) is 10.6 Å². The summed E-state index contributed by atoms with van der Waals surface area (Å²) in [5.74, 6) is 0.622. The van der Waals surface area contributed by atoms with Gasteiger partial charge < -0.3 is 15.7 Å². The third kappa shape index (κ3) is 7.67. The molecule has 0 saturated carbocycles. The average molecular weight is 507 g/mol. The van der Waals surface area contributed by atoms with E-state index in [1.54, 1.807) is 0 Å². The minimum absolute atomic E-state index is 0. The minimum atomic E-state index is -4.31. The van der Waals surface area contributed by atoms with Crippen LogP contribution in [0.15, 0.2) is 53.5 Å². The molecule has 0 aromatic heterocycles. The van der Waals surface area contributed by atoms with E-state index < -0.39 is 11.7 Å². The Hall–Kier alpha value is -1.81. The number of benzene rings is 2. The summed E-state index contributed by atoms with van der Waals surface area (Å²) in [7, 11) is 0. The molecule has 4 nitrogen and oxygen atoms in total. The Kier molecular flexibility index (Phi) is 10.3. The number of guanidine groups is 1. The third-order valence-electron chi connectivity index (χ3n) is 4.03. The molecule has 0 bridgehead atoms. The molecule has 0 aliphatic rings. The summed E-state index contributed by atoms with van der Waals surface area (Å²) in [5.41, 5.74) is 1.95. The van der Waals surface area contributed by atoms with Crippen LogP contribution in [-0.4, -0.2) is 24.2 Å². The monoisotopic (exact) mass is 507 g/mol. The van der Waals surface area contributed by atoms with E-state index in [-0.39, 0.29) is 30.6 Å². The molecule has 28 heavy (non-hydrogen) atoms. The molecule has 0 unspecified atom stereocenters. The fourth-order valence-electron chi connectivity index (χ4n) is 2.56. The molecule has 2 aromatic carbocycles. The van der Waals surface area contributed by atoms with E-state index in [9.17, 15) is 18.3 Å². The SMILES string of the molecule is CCNC(=NCc1ccccc1CO)NCCc1ccc(C(F)(F)F)cc1.I. The van der Waals surface area contributed by atoms with Crippen molar-refractivity contribution in [2.45, 2.75) is 32.7 Å². The summed E-state index contributed by atoms with van der Waals surface area (Å²) in [5, 5.41) is 15.7. The first-order chi connectivity index (χ1) is 12.9. The van der Waals surface area contributed by atoms with E-state index in [0.29, 0.717) is 32.0 Å². The summed E-state index contributed by atoms with van der Waals surface area (Å²) >= 11 is 0. The molecular formula is C20H25F3IN3O. The number of hydrogen-bond donors (Lipinski definition) is 3. The number of halogens is 4. The zero-order chi connectivity index (χ0) is 19.7. The van der Waals surface area contributed by atoms with Gasteiger partial charge >= 0.3 is 6.18 Å². The number of alkyl halides is 3. The lowest BCUT2D eigenvalue weighted by molar-refractivity contribution is -0.137. The first-order valence-corrected chi connectivity index (χ1v) is 8.80. The van der Waals surface area contributed by atoms with Crippen molar-refractivity contribution in [3.05, 3.63) is 70.8 Å². The van der Waals surface area contributed by atoms with Crippen molar-refractivity contribution in [2.24, 2.45) is 4.99 Å². The second kappa shape index (κ2) is 11.9. The highest BCUT2D eigenvalue weighted by Gasteiger charge is 2.29. The van der Waals surface area contributed by atoms with Crippen molar-refractivity contribution in [3.8, 4) is 0 Å². The molecule has 0 atom stereocenters. The highest BCUT2D eigenvalue weighted by molar-refractivity contribution is 14.0. The summed E-state index contributed by atoms with van der Waals surface area (Å²) < 4.78 is 37.8. The van der Waals surface area contributed by atoms with Gasteiger partial charge in [-0.1, -0.05) is 36.4 Å². The van der Waals surface area contributed by atoms with Gasteiger partial charge in [0, 0.05) is 13.1 Å². The van der Waals surface area contributed by atoms with Crippen molar-refractivity contribution in [3.63, 3.8) is 0 Å². The predicted octanol–water partition coefficient (Wildman–Crippen LogP) is 4.11. The van der Waals surface area contributed by atoms with Gasteiger partial charge in [0.2, 0.25) is 0 Å². The van der Waals surface area contributed by atoms with Gasteiger partial charge in [0.05, 0.1) is 18.7 Å². The van der Waals surface area contributed by atoms with Crippen molar-refractivity contribution >= 4 is 29.9 Å². The molecule has 0 spiro atoms. The van der Waals surface area contributed by atoms with Crippen LogP contribution in [0.5, 0.6) is 0 Å². The maximum atomic E-state index is 12.6. The lowest BCUT2D eigenvalue weighted by atomic mass is 10.1. The second-order valence-electron chi connectivity index (χ2n) is 5.99. The zero-order valence-corrected chi connectivity index (χ0v) is 17.9. The molecule has 0 fully saturated rings. The van der Waals surface area contributed by atoms with Gasteiger partial charge in [0.25, 0.3) is 0 Å². The van der Waals surface area contributed by atoms with Crippen molar-refractivity contribution < 1.29 is 18.3 Å². The standard InChI is InChI=1S/C20H24F3N3O.HI/c1-2-24-19(26-13-16-5-3-4-6-17(16)14-27)25-12-11-15-7-9-18(10-8-15)20(21,22)23;/h3-10,27H,2,11-14H2,1H3,(H2,24,25,26);1H. The Morgan fingerprint density at radius 1 is 1.00 bits per heavy atom. The van der Waals surface area contributed by atoms with E-state index in [1.165, 1.54) is 12.1 Å². The molecule has 0 aliphatic heterocycles. The topological polar surface area (TPSA) is 56.7 Å². The summed E-state index contributed by atoms with van der Waals surface area (Å²) in [4.78, 5) is 4.50. The number of aliphatic hydroxyl groups excluding tert-OH is 1. The molecule has 3 N–H and O–H groups in total. The predicted molar refractivity (Wildman–Crippen MR) is 116 cm³/mol. The second-order valence-corrected chi connectivity index (χ2v) is 5.99. The number of aliphatic hydroxyl groups is 1. The van der Waals surface area contributed by atoms with Crippen LogP contribution in [0, 0.1) is 0 Å². The van der Waals surface area contributed by atoms with Gasteiger partial charge in [-0.2, -0.15) is 13.2 Å². The normalized spacial score (nSPS) is 11.7. The van der Waals surface area contributed by atoms with Gasteiger partial charge in [-0.3, -0.25) is 0 Å². The highest BCUT2D eigenvalue weighted by Crippen LogP contribution is 2.29. The number of aliphatic imine (C=N–C) groups is 1. The maximum Gasteiger partial charge on any atom is 0.416 e. The van der Waals surface area contributed by atoms with Crippen LogP contribution in [0.1, 0.15) is 29.2 Å². The fraction of sp³-hybridized carbons (Fsp3) is 0.350. The van der Waals surface area contributed by atoms with E-state index in [2.05, 4.69) is 15.6 Å². The van der Waals surface area contributed by atoms with Gasteiger partial charge in [-0.15, -0.1) is 24.0 Å². The molecule has 0 aliphatic carbocycles. The zero-order valence-electron chi connectivity index (χ0n) is 15.6. The number of nitrogens with zero attached hydrogens (tertiary/aromatic N) is 1. The largest absolute Gasteiger partial charge is 0.416 e. The van der Waals surface area contributed by atoms with E-state index in [4.69, 9.17) is 0 Å². The van der Waals surface area contributed by atoms with Crippen LogP contribution < -0.4 is 10.6 Å². The molecule has 0 amide bonds. The average Bonchev–Trinajstić information content (AvgIpc) is 2.66. The summed E-state index contributed by atoms with van der Waals surface area (Å²) in [6.07, 6.45) is -3.73. The van der Waals surface area contributed by atoms with Crippen molar-refractivity contribution in [2.75, 3.05) is 13.1 Å². The Labute approximate surface area is 180 Å². The molecule has 154 valence electrons. The van der Waals surface area contributed by atoms with Crippen LogP contribution in [0.4, 0.5) is 13.2 Å². The lowest BCUT2D eigenvalue weighted by Crippen LogP contribution is -2.38. The molecule has 0 radical (unpaired) electrons. The number of hydrogen-bond acceptors (Lipinski definition) is 2. The maximum absolute atomic E-state index is 12.6. The third-order valence-corrected chi connectivity index (χ3v) is 4.03. The Morgan fingerprint density at radius 3 is 2.21 bits per heavy atom. The lowest BCUT2D eigenvalue weighted by Gasteiger charge is -2.12. The van der Waals surface area contributed by atoms with Crippen LogP contribution in [-0.2, 0) is 25.7 Å². The first-order valence-electron chi connectivity index (χ1n) is 8.80. The number of rotatable bonds is 7. The Balaban J connectivity index is 0.00000392.